The van der Waals surface area contributed by atoms with Gasteiger partial charge in [0.15, 0.2) is 5.69 Å². The van der Waals surface area contributed by atoms with E-state index >= 15 is 0 Å². The number of hydrogen-bond acceptors (Lipinski definition) is 5. The lowest BCUT2D eigenvalue weighted by Crippen LogP contribution is -2.32. The molecule has 2 heterocycles. The van der Waals surface area contributed by atoms with Gasteiger partial charge in [-0.05, 0) is 18.4 Å². The Morgan fingerprint density at radius 1 is 1.30 bits per heavy atom. The predicted octanol–water partition coefficient (Wildman–Crippen LogP) is 2.18. The Bertz CT molecular complexity index is 1110. The number of aromatic nitrogens is 3. The molecule has 0 saturated carbocycles. The van der Waals surface area contributed by atoms with E-state index < -0.39 is 17.6 Å². The van der Waals surface area contributed by atoms with Crippen LogP contribution in [0.25, 0.3) is 10.9 Å². The summed E-state index contributed by atoms with van der Waals surface area (Å²) in [4.78, 5) is 35.3. The third-order valence-corrected chi connectivity index (χ3v) is 4.06. The van der Waals surface area contributed by atoms with Gasteiger partial charge in [0.05, 0.1) is 0 Å². The zero-order chi connectivity index (χ0) is 19.7. The molecule has 8 nitrogen and oxygen atoms in total. The van der Waals surface area contributed by atoms with Crippen LogP contribution in [0.15, 0.2) is 35.5 Å². The number of carbonyl (C=O) groups is 2. The first-order valence-corrected chi connectivity index (χ1v) is 8.49. The number of hydrogen-bond donors (Lipinski definition) is 3. The Morgan fingerprint density at radius 2 is 2.00 bits per heavy atom. The summed E-state index contributed by atoms with van der Waals surface area (Å²) in [6.45, 7) is 4.99. The fourth-order valence-corrected chi connectivity index (χ4v) is 2.90. The van der Waals surface area contributed by atoms with Gasteiger partial charge in [-0.15, -0.1) is 0 Å². The number of fused-ring (bicyclic) bond motifs is 1. The molecule has 0 unspecified atom stereocenters. The molecule has 140 valence electrons. The number of aromatic amines is 1. The molecule has 0 radical (unpaired) electrons. The molecule has 3 rings (SSSR count). The van der Waals surface area contributed by atoms with Crippen molar-refractivity contribution in [2.45, 2.75) is 27.2 Å². The number of nitrogens with one attached hydrogen (secondary N) is 1. The van der Waals surface area contributed by atoms with Gasteiger partial charge in [-0.25, -0.2) is 4.98 Å². The second-order valence-corrected chi connectivity index (χ2v) is 6.67. The second-order valence-electron chi connectivity index (χ2n) is 6.67. The highest BCUT2D eigenvalue weighted by molar-refractivity contribution is 6.15. The molecule has 2 aromatic heterocycles. The zero-order valence-corrected chi connectivity index (χ0v) is 15.2. The molecule has 0 aliphatic carbocycles. The average Bonchev–Trinajstić information content (AvgIpc) is 3.04. The predicted molar refractivity (Wildman–Crippen MR) is 97.6 cm³/mol. The van der Waals surface area contributed by atoms with E-state index in [-0.39, 0.29) is 29.2 Å². The molecule has 1 aromatic carbocycles. The van der Waals surface area contributed by atoms with E-state index in [9.17, 15) is 19.9 Å². The van der Waals surface area contributed by atoms with Crippen molar-refractivity contribution in [1.82, 2.24) is 14.7 Å². The summed E-state index contributed by atoms with van der Waals surface area (Å²) in [7, 11) is 0. The summed E-state index contributed by atoms with van der Waals surface area (Å²) in [6.07, 6.45) is 1.81. The van der Waals surface area contributed by atoms with Crippen LogP contribution in [0, 0.1) is 5.92 Å². The van der Waals surface area contributed by atoms with Crippen molar-refractivity contribution >= 4 is 22.6 Å². The minimum atomic E-state index is -0.603. The Labute approximate surface area is 154 Å². The van der Waals surface area contributed by atoms with E-state index in [1.807, 2.05) is 26.0 Å². The maximum atomic E-state index is 13.1. The van der Waals surface area contributed by atoms with Gasteiger partial charge < -0.3 is 15.3 Å². The number of rotatable bonds is 4. The van der Waals surface area contributed by atoms with Gasteiger partial charge in [-0.2, -0.15) is 9.72 Å². The Morgan fingerprint density at radius 3 is 2.67 bits per heavy atom. The van der Waals surface area contributed by atoms with Crippen molar-refractivity contribution in [2.75, 3.05) is 0 Å². The SMILES string of the molecule is CC(=O)N=c1c(C(=O)c2c[nH]c3ccccc23)nc(O)c(CC(C)C)n1O. The first kappa shape index (κ1) is 18.4. The standard InChI is InChI=1S/C19H20N4O4/c1-10(2)8-15-19(26)22-16(18(23(15)27)21-11(3)24)17(25)13-9-20-14-7-5-4-6-12(13)14/h4-7,9-10,20,26-27H,8H2,1-3H3. The van der Waals surface area contributed by atoms with Crippen molar-refractivity contribution in [3.8, 4) is 5.88 Å². The maximum absolute atomic E-state index is 13.1. The highest BCUT2D eigenvalue weighted by atomic mass is 16.5. The van der Waals surface area contributed by atoms with Crippen LogP contribution in [-0.4, -0.2) is 36.7 Å². The fraction of sp³-hybridized carbons (Fsp3) is 0.263. The number of para-hydroxylation sites is 1. The molecule has 1 amide bonds. The molecule has 0 atom stereocenters. The van der Waals surface area contributed by atoms with E-state index in [4.69, 9.17) is 0 Å². The largest absolute Gasteiger partial charge is 0.492 e. The molecule has 0 aliphatic heterocycles. The van der Waals surface area contributed by atoms with Crippen LogP contribution in [0.4, 0.5) is 0 Å². The number of ketones is 1. The molecule has 0 saturated heterocycles. The van der Waals surface area contributed by atoms with E-state index in [0.29, 0.717) is 15.7 Å². The second kappa shape index (κ2) is 7.06. The monoisotopic (exact) mass is 368 g/mol. The Kier molecular flexibility index (Phi) is 4.81. The zero-order valence-electron chi connectivity index (χ0n) is 15.2. The lowest BCUT2D eigenvalue weighted by molar-refractivity contribution is -0.116. The highest BCUT2D eigenvalue weighted by Crippen LogP contribution is 2.21. The van der Waals surface area contributed by atoms with Gasteiger partial charge >= 0.3 is 0 Å². The van der Waals surface area contributed by atoms with Crippen molar-refractivity contribution in [3.63, 3.8) is 0 Å². The lowest BCUT2D eigenvalue weighted by Gasteiger charge is -2.13. The summed E-state index contributed by atoms with van der Waals surface area (Å²) in [5.41, 5.74) is 0.534. The normalized spacial score (nSPS) is 12.1. The Hall–Kier alpha value is -3.42. The van der Waals surface area contributed by atoms with Crippen LogP contribution in [0.2, 0.25) is 0 Å². The van der Waals surface area contributed by atoms with Crippen molar-refractivity contribution in [3.05, 3.63) is 52.9 Å². The molecule has 3 aromatic rings. The molecule has 3 N–H and O–H groups in total. The lowest BCUT2D eigenvalue weighted by atomic mass is 10.1. The number of H-pyrrole nitrogens is 1. The number of carbonyl (C=O) groups excluding carboxylic acids is 2. The van der Waals surface area contributed by atoms with E-state index in [1.165, 1.54) is 13.1 Å². The molecule has 0 bridgehead atoms. The summed E-state index contributed by atoms with van der Waals surface area (Å²) in [5.74, 6) is -1.55. The minimum Gasteiger partial charge on any atom is -0.492 e. The van der Waals surface area contributed by atoms with Crippen LogP contribution in [0.3, 0.4) is 0 Å². The molecule has 27 heavy (non-hydrogen) atoms. The average molecular weight is 368 g/mol. The quantitative estimate of drug-likeness (QED) is 0.481. The van der Waals surface area contributed by atoms with Crippen LogP contribution >= 0.6 is 0 Å². The number of aromatic hydroxyl groups is 1. The van der Waals surface area contributed by atoms with Gasteiger partial charge in [0.1, 0.15) is 5.69 Å². The van der Waals surface area contributed by atoms with Crippen LogP contribution in [0.1, 0.15) is 42.5 Å². The fourth-order valence-electron chi connectivity index (χ4n) is 2.90. The van der Waals surface area contributed by atoms with Crippen molar-refractivity contribution in [1.29, 1.82) is 0 Å². The summed E-state index contributed by atoms with van der Waals surface area (Å²) in [5, 5.41) is 21.4. The summed E-state index contributed by atoms with van der Waals surface area (Å²) in [6, 6.07) is 7.20. The molecular weight excluding hydrogens is 348 g/mol. The first-order valence-electron chi connectivity index (χ1n) is 8.49. The number of nitrogens with zero attached hydrogens (tertiary/aromatic N) is 3. The molecule has 0 spiro atoms. The Balaban J connectivity index is 2.26. The van der Waals surface area contributed by atoms with Crippen molar-refractivity contribution < 1.29 is 19.9 Å². The number of benzene rings is 1. The van der Waals surface area contributed by atoms with Gasteiger partial charge in [0.2, 0.25) is 23.1 Å². The third-order valence-electron chi connectivity index (χ3n) is 4.06. The first-order chi connectivity index (χ1) is 12.8. The molecular formula is C19H20N4O4. The minimum absolute atomic E-state index is 0.0838. The van der Waals surface area contributed by atoms with E-state index in [1.54, 1.807) is 12.1 Å². The molecule has 0 aliphatic rings. The van der Waals surface area contributed by atoms with Crippen LogP contribution in [-0.2, 0) is 11.2 Å². The smallest absolute Gasteiger partial charge is 0.244 e. The van der Waals surface area contributed by atoms with E-state index in [2.05, 4.69) is 15.0 Å². The van der Waals surface area contributed by atoms with Crippen molar-refractivity contribution in [2.24, 2.45) is 10.9 Å². The molecule has 0 fully saturated rings. The van der Waals surface area contributed by atoms with Crippen LogP contribution in [0.5, 0.6) is 5.88 Å². The topological polar surface area (TPSA) is 121 Å². The van der Waals surface area contributed by atoms with E-state index in [0.717, 1.165) is 5.52 Å². The highest BCUT2D eigenvalue weighted by Gasteiger charge is 2.23. The maximum Gasteiger partial charge on any atom is 0.244 e. The molecule has 8 heteroatoms. The number of amides is 1. The van der Waals surface area contributed by atoms with Gasteiger partial charge in [0, 0.05) is 29.6 Å². The summed E-state index contributed by atoms with van der Waals surface area (Å²) >= 11 is 0. The van der Waals surface area contributed by atoms with Gasteiger partial charge in [-0.3, -0.25) is 9.59 Å². The summed E-state index contributed by atoms with van der Waals surface area (Å²) < 4.78 is 0.575. The third kappa shape index (κ3) is 3.46. The van der Waals surface area contributed by atoms with Crippen LogP contribution < -0.4 is 5.49 Å². The van der Waals surface area contributed by atoms with Gasteiger partial charge in [0.25, 0.3) is 0 Å². The van der Waals surface area contributed by atoms with Gasteiger partial charge in [-0.1, -0.05) is 32.0 Å².